The number of hydrogen-bond acceptors (Lipinski definition) is 7. The number of fused-ring (bicyclic) bond motifs is 1. The van der Waals surface area contributed by atoms with Crippen LogP contribution < -0.4 is 11.1 Å². The molecule has 4 atom stereocenters. The zero-order valence-electron chi connectivity index (χ0n) is 22.3. The maximum Gasteiger partial charge on any atom is 0.229 e. The number of rotatable bonds is 6. The highest BCUT2D eigenvalue weighted by molar-refractivity contribution is 5.66. The third kappa shape index (κ3) is 4.95. The van der Waals surface area contributed by atoms with Crippen LogP contribution in [0, 0.1) is 28.9 Å². The van der Waals surface area contributed by atoms with Crippen molar-refractivity contribution in [2.24, 2.45) is 11.7 Å². The van der Waals surface area contributed by atoms with Gasteiger partial charge in [-0.25, -0.2) is 13.8 Å². The highest BCUT2D eigenvalue weighted by Crippen LogP contribution is 2.40. The molecule has 0 aliphatic heterocycles. The molecule has 202 valence electrons. The Labute approximate surface area is 225 Å². The average molecular weight is 532 g/mol. The van der Waals surface area contributed by atoms with Gasteiger partial charge in [-0.05, 0) is 80.0 Å². The Morgan fingerprint density at radius 1 is 1.15 bits per heavy atom. The molecular weight excluding hydrogens is 500 g/mol. The first kappa shape index (κ1) is 26.7. The minimum Gasteiger partial charge on any atom is -0.380 e. The number of hydrogen-bond donors (Lipinski definition) is 2. The summed E-state index contributed by atoms with van der Waals surface area (Å²) in [6.45, 7) is 5.37. The van der Waals surface area contributed by atoms with Crippen molar-refractivity contribution < 1.29 is 13.5 Å². The fraction of sp³-hybridized carbons (Fsp3) is 0.379. The van der Waals surface area contributed by atoms with E-state index in [4.69, 9.17) is 10.5 Å². The number of methoxy groups -OCH3 is 1. The van der Waals surface area contributed by atoms with Gasteiger partial charge in [-0.2, -0.15) is 14.9 Å². The molecule has 0 saturated heterocycles. The highest BCUT2D eigenvalue weighted by Gasteiger charge is 2.35. The van der Waals surface area contributed by atoms with Crippen molar-refractivity contribution in [1.29, 1.82) is 5.26 Å². The summed E-state index contributed by atoms with van der Waals surface area (Å²) in [6, 6.07) is 9.58. The van der Waals surface area contributed by atoms with E-state index in [2.05, 4.69) is 33.4 Å². The first-order valence-corrected chi connectivity index (χ1v) is 12.9. The van der Waals surface area contributed by atoms with Gasteiger partial charge in [0.1, 0.15) is 11.6 Å². The van der Waals surface area contributed by atoms with E-state index in [9.17, 15) is 5.26 Å². The third-order valence-electron chi connectivity index (χ3n) is 7.69. The molecule has 0 radical (unpaired) electrons. The Hall–Kier alpha value is -3.94. The van der Waals surface area contributed by atoms with Gasteiger partial charge in [0.15, 0.2) is 0 Å². The molecule has 0 bridgehead atoms. The van der Waals surface area contributed by atoms with Crippen molar-refractivity contribution in [3.05, 3.63) is 71.7 Å². The summed E-state index contributed by atoms with van der Waals surface area (Å²) in [7, 11) is 1.70. The third-order valence-corrected chi connectivity index (χ3v) is 7.69. The van der Waals surface area contributed by atoms with Crippen LogP contribution in [0.4, 0.5) is 20.4 Å². The highest BCUT2D eigenvalue weighted by atomic mass is 19.1. The molecule has 5 rings (SSSR count). The number of nitrogens with one attached hydrogen (secondary N) is 1. The first-order chi connectivity index (χ1) is 18.6. The van der Waals surface area contributed by atoms with Gasteiger partial charge in [-0.1, -0.05) is 6.92 Å². The summed E-state index contributed by atoms with van der Waals surface area (Å²) < 4.78 is 37.4. The van der Waals surface area contributed by atoms with Gasteiger partial charge in [0.25, 0.3) is 0 Å². The van der Waals surface area contributed by atoms with Gasteiger partial charge in [-0.15, -0.1) is 0 Å². The molecule has 4 aromatic rings. The van der Waals surface area contributed by atoms with Crippen LogP contribution >= 0.6 is 0 Å². The molecule has 1 aromatic carbocycles. The Kier molecular flexibility index (Phi) is 7.05. The molecule has 8 nitrogen and oxygen atoms in total. The van der Waals surface area contributed by atoms with Crippen LogP contribution in [0.2, 0.25) is 0 Å². The van der Waals surface area contributed by atoms with Crippen LogP contribution in [0.1, 0.15) is 50.7 Å². The van der Waals surface area contributed by atoms with E-state index in [1.807, 2.05) is 6.07 Å². The predicted molar refractivity (Wildman–Crippen MR) is 144 cm³/mol. The lowest BCUT2D eigenvalue weighted by Gasteiger charge is -2.38. The molecule has 3 N–H and O–H groups in total. The summed E-state index contributed by atoms with van der Waals surface area (Å²) in [5, 5.41) is 17.2. The number of pyridine rings is 1. The summed E-state index contributed by atoms with van der Waals surface area (Å²) in [5.41, 5.74) is 7.96. The molecule has 1 fully saturated rings. The molecule has 39 heavy (non-hydrogen) atoms. The van der Waals surface area contributed by atoms with Gasteiger partial charge in [0, 0.05) is 19.3 Å². The molecule has 10 heteroatoms. The predicted octanol–water partition coefficient (Wildman–Crippen LogP) is 5.47. The number of halogens is 2. The van der Waals surface area contributed by atoms with E-state index in [0.717, 1.165) is 24.1 Å². The molecule has 3 aromatic heterocycles. The molecule has 0 spiro atoms. The van der Waals surface area contributed by atoms with Gasteiger partial charge < -0.3 is 15.8 Å². The molecule has 3 heterocycles. The number of nitrogens with two attached hydrogens (primary N) is 1. The lowest BCUT2D eigenvalue weighted by atomic mass is 9.74. The topological polar surface area (TPSA) is 114 Å². The van der Waals surface area contributed by atoms with Crippen LogP contribution in [-0.2, 0) is 10.2 Å². The van der Waals surface area contributed by atoms with E-state index in [-0.39, 0.29) is 40.8 Å². The number of aromatic nitrogens is 4. The number of nitrogens with zero attached hydrogens (tertiary/aromatic N) is 5. The van der Waals surface area contributed by atoms with Crippen LogP contribution in [0.5, 0.6) is 0 Å². The minimum absolute atomic E-state index is 0.0131. The second-order valence-electron chi connectivity index (χ2n) is 10.8. The van der Waals surface area contributed by atoms with Gasteiger partial charge in [0.05, 0.1) is 52.4 Å². The van der Waals surface area contributed by atoms with Crippen molar-refractivity contribution in [3.8, 4) is 17.3 Å². The maximum absolute atomic E-state index is 15.2. The largest absolute Gasteiger partial charge is 0.380 e. The fourth-order valence-corrected chi connectivity index (χ4v) is 5.56. The Balaban J connectivity index is 1.49. The lowest BCUT2D eigenvalue weighted by molar-refractivity contribution is 0.00984. The summed E-state index contributed by atoms with van der Waals surface area (Å²) in [6.07, 6.45) is 6.80. The van der Waals surface area contributed by atoms with Crippen LogP contribution in [0.25, 0.3) is 16.8 Å². The molecule has 0 unspecified atom stereocenters. The average Bonchev–Trinajstić information content (AvgIpc) is 3.30. The van der Waals surface area contributed by atoms with E-state index < -0.39 is 17.0 Å². The molecular formula is C29H31F2N7O. The number of imidazole rings is 1. The molecule has 1 saturated carbocycles. The van der Waals surface area contributed by atoms with Gasteiger partial charge in [0.2, 0.25) is 5.95 Å². The zero-order chi connectivity index (χ0) is 27.9. The zero-order valence-corrected chi connectivity index (χ0v) is 22.3. The molecule has 1 aliphatic rings. The van der Waals surface area contributed by atoms with Gasteiger partial charge >= 0.3 is 0 Å². The van der Waals surface area contributed by atoms with Gasteiger partial charge in [-0.3, -0.25) is 4.98 Å². The van der Waals surface area contributed by atoms with E-state index in [0.29, 0.717) is 11.5 Å². The van der Waals surface area contributed by atoms with Crippen molar-refractivity contribution >= 4 is 17.2 Å². The minimum atomic E-state index is -1.04. The summed E-state index contributed by atoms with van der Waals surface area (Å²) >= 11 is 0. The Morgan fingerprint density at radius 3 is 2.56 bits per heavy atom. The Bertz CT molecular complexity index is 1530. The summed E-state index contributed by atoms with van der Waals surface area (Å²) in [4.78, 5) is 8.76. The van der Waals surface area contributed by atoms with Crippen molar-refractivity contribution in [3.63, 3.8) is 0 Å². The van der Waals surface area contributed by atoms with E-state index in [1.54, 1.807) is 51.7 Å². The van der Waals surface area contributed by atoms with Crippen LogP contribution in [0.3, 0.4) is 0 Å². The number of ether oxygens (including phenoxy) is 1. The van der Waals surface area contributed by atoms with Crippen molar-refractivity contribution in [2.45, 2.75) is 57.1 Å². The molecule has 1 aliphatic carbocycles. The Morgan fingerprint density at radius 2 is 1.90 bits per heavy atom. The SMILES string of the molecule is CO[C@@H]1[C@H](N)C[C@H](c2ccncc2Nc2ncc3ccc(-c4c(F)cc(C(C)(C)C#N)cc4F)nn23)C[C@@H]1C. The van der Waals surface area contributed by atoms with E-state index >= 15 is 8.78 Å². The second kappa shape index (κ2) is 10.3. The molecule has 0 amide bonds. The van der Waals surface area contributed by atoms with Crippen molar-refractivity contribution in [1.82, 2.24) is 19.6 Å². The van der Waals surface area contributed by atoms with Crippen molar-refractivity contribution in [2.75, 3.05) is 12.4 Å². The first-order valence-electron chi connectivity index (χ1n) is 12.9. The van der Waals surface area contributed by atoms with Crippen LogP contribution in [-0.4, -0.2) is 38.8 Å². The maximum atomic E-state index is 15.2. The quantitative estimate of drug-likeness (QED) is 0.339. The standard InChI is InChI=1S/C29H31F2N7O/c1-16-9-17(10-23(33)27(16)39-4)20-7-8-34-14-25(20)36-28-35-13-19-5-6-24(37-38(19)28)26-21(30)11-18(12-22(26)31)29(2,3)15-32/h5-8,11-14,16-17,23,27H,9-10,33H2,1-4H3,(H,35,36)/t16-,17+,23+,27-/m0/s1. The fourth-order valence-electron chi connectivity index (χ4n) is 5.56. The smallest absolute Gasteiger partial charge is 0.229 e. The second-order valence-corrected chi connectivity index (χ2v) is 10.8. The lowest BCUT2D eigenvalue weighted by Crippen LogP contribution is -2.45. The number of nitriles is 1. The number of benzene rings is 1. The van der Waals surface area contributed by atoms with Crippen LogP contribution in [0.15, 0.2) is 48.9 Å². The monoisotopic (exact) mass is 531 g/mol. The summed E-state index contributed by atoms with van der Waals surface area (Å²) in [5.74, 6) is -0.716. The normalized spacial score (nSPS) is 21.6. The van der Waals surface area contributed by atoms with E-state index in [1.165, 1.54) is 16.6 Å². The number of anilines is 2.